The first kappa shape index (κ1) is 12.7. The van der Waals surface area contributed by atoms with E-state index >= 15 is 0 Å². The summed E-state index contributed by atoms with van der Waals surface area (Å²) in [5.41, 5.74) is 4.23. The van der Waals surface area contributed by atoms with Gasteiger partial charge in [0.2, 0.25) is 6.79 Å². The van der Waals surface area contributed by atoms with Gasteiger partial charge in [-0.1, -0.05) is 0 Å². The number of nitrogens with zero attached hydrogens (tertiary/aromatic N) is 1. The molecular weight excluding hydrogens is 286 g/mol. The van der Waals surface area contributed by atoms with Crippen LogP contribution in [0.5, 0.6) is 11.5 Å². The largest absolute Gasteiger partial charge is 0.454 e. The lowest BCUT2D eigenvalue weighted by atomic mass is 10.2. The summed E-state index contributed by atoms with van der Waals surface area (Å²) in [6.45, 7) is 0.221. The Balaban J connectivity index is 1.77. The fourth-order valence-corrected chi connectivity index (χ4v) is 2.40. The van der Waals surface area contributed by atoms with E-state index in [0.29, 0.717) is 28.4 Å². The van der Waals surface area contributed by atoms with Gasteiger partial charge in [0.15, 0.2) is 11.5 Å². The topological polar surface area (TPSA) is 96.5 Å². The summed E-state index contributed by atoms with van der Waals surface area (Å²) in [6.07, 6.45) is 0. The van der Waals surface area contributed by atoms with Crippen LogP contribution >= 0.6 is 0 Å². The Labute approximate surface area is 124 Å². The van der Waals surface area contributed by atoms with Crippen LogP contribution in [-0.2, 0) is 0 Å². The highest BCUT2D eigenvalue weighted by atomic mass is 16.7. The molecule has 22 heavy (non-hydrogen) atoms. The van der Waals surface area contributed by atoms with Crippen LogP contribution in [0.4, 0.5) is 0 Å². The number of imidazole rings is 1. The fraction of sp³-hybridized carbons (Fsp3) is 0.0667. The number of fused-ring (bicyclic) bond motifs is 2. The van der Waals surface area contributed by atoms with E-state index in [1.54, 1.807) is 23.7 Å². The highest BCUT2D eigenvalue weighted by Crippen LogP contribution is 2.35. The number of rotatable bonds is 2. The minimum absolute atomic E-state index is 0.221. The molecule has 0 unspecified atom stereocenters. The van der Waals surface area contributed by atoms with E-state index in [2.05, 4.69) is 9.97 Å². The van der Waals surface area contributed by atoms with Crippen LogP contribution < -0.4 is 15.0 Å². The van der Waals surface area contributed by atoms with Gasteiger partial charge >= 0.3 is 0 Å². The molecule has 110 valence electrons. The third-order valence-electron chi connectivity index (χ3n) is 3.49. The van der Waals surface area contributed by atoms with Crippen molar-refractivity contribution in [2.24, 2.45) is 0 Å². The smallest absolute Gasteiger partial charge is 0.274 e. The van der Waals surface area contributed by atoms with Crippen molar-refractivity contribution in [1.82, 2.24) is 15.4 Å². The van der Waals surface area contributed by atoms with Crippen molar-refractivity contribution in [3.63, 3.8) is 0 Å². The van der Waals surface area contributed by atoms with Crippen LogP contribution in [0.25, 0.3) is 22.4 Å². The minimum atomic E-state index is -0.568. The molecule has 0 bridgehead atoms. The second-order valence-corrected chi connectivity index (χ2v) is 4.83. The predicted molar refractivity (Wildman–Crippen MR) is 76.9 cm³/mol. The summed E-state index contributed by atoms with van der Waals surface area (Å²) in [5.74, 6) is 1.48. The average Bonchev–Trinajstić information content (AvgIpc) is 3.18. The van der Waals surface area contributed by atoms with Crippen LogP contribution in [0, 0.1) is 0 Å². The molecule has 3 aromatic rings. The van der Waals surface area contributed by atoms with Crippen molar-refractivity contribution < 1.29 is 19.5 Å². The van der Waals surface area contributed by atoms with Gasteiger partial charge in [0.1, 0.15) is 5.82 Å². The van der Waals surface area contributed by atoms with Gasteiger partial charge in [-0.3, -0.25) is 10.0 Å². The lowest BCUT2D eigenvalue weighted by Crippen LogP contribution is -2.18. The zero-order chi connectivity index (χ0) is 15.1. The Morgan fingerprint density at radius 2 is 2.05 bits per heavy atom. The summed E-state index contributed by atoms with van der Waals surface area (Å²) in [4.78, 5) is 19.1. The number of carbonyl (C=O) groups excluding carboxylic acids is 1. The molecule has 1 aliphatic heterocycles. The highest BCUT2D eigenvalue weighted by Gasteiger charge is 2.15. The molecule has 1 aromatic heterocycles. The van der Waals surface area contributed by atoms with Crippen molar-refractivity contribution >= 4 is 16.9 Å². The van der Waals surface area contributed by atoms with Gasteiger partial charge in [-0.05, 0) is 36.4 Å². The quantitative estimate of drug-likeness (QED) is 0.497. The third-order valence-corrected chi connectivity index (χ3v) is 3.49. The van der Waals surface area contributed by atoms with Crippen LogP contribution in [0.2, 0.25) is 0 Å². The maximum Gasteiger partial charge on any atom is 0.274 e. The number of hydrogen-bond acceptors (Lipinski definition) is 5. The van der Waals surface area contributed by atoms with E-state index in [9.17, 15) is 4.79 Å². The van der Waals surface area contributed by atoms with Gasteiger partial charge in [0.05, 0.1) is 11.0 Å². The molecule has 1 aliphatic rings. The summed E-state index contributed by atoms with van der Waals surface area (Å²) in [6, 6.07) is 10.5. The molecule has 2 heterocycles. The third kappa shape index (κ3) is 1.95. The molecule has 3 N–H and O–H groups in total. The molecule has 0 aliphatic carbocycles. The maximum absolute atomic E-state index is 11.4. The zero-order valence-corrected chi connectivity index (χ0v) is 11.3. The lowest BCUT2D eigenvalue weighted by molar-refractivity contribution is 0.0706. The minimum Gasteiger partial charge on any atom is -0.454 e. The molecular formula is C15H11N3O4. The molecule has 0 saturated heterocycles. The Morgan fingerprint density at radius 3 is 2.91 bits per heavy atom. The molecule has 1 amide bonds. The van der Waals surface area contributed by atoms with Crippen LogP contribution in [-0.4, -0.2) is 27.9 Å². The fourth-order valence-electron chi connectivity index (χ4n) is 2.40. The van der Waals surface area contributed by atoms with Crippen molar-refractivity contribution in [3.05, 3.63) is 42.0 Å². The SMILES string of the molecule is O=C(NO)c1ccc2nc(-c3ccc4c(c3)OCO4)[nH]c2c1. The van der Waals surface area contributed by atoms with Crippen molar-refractivity contribution in [1.29, 1.82) is 0 Å². The number of H-pyrrole nitrogens is 1. The number of amides is 1. The Kier molecular flexibility index (Phi) is 2.73. The van der Waals surface area contributed by atoms with E-state index in [-0.39, 0.29) is 6.79 Å². The maximum atomic E-state index is 11.4. The number of hydroxylamine groups is 1. The molecule has 2 aromatic carbocycles. The highest BCUT2D eigenvalue weighted by molar-refractivity contribution is 5.97. The van der Waals surface area contributed by atoms with E-state index in [1.165, 1.54) is 0 Å². The van der Waals surface area contributed by atoms with E-state index in [1.807, 2.05) is 18.2 Å². The number of ether oxygens (including phenoxy) is 2. The number of benzene rings is 2. The first-order valence-electron chi connectivity index (χ1n) is 6.59. The lowest BCUT2D eigenvalue weighted by Gasteiger charge is -1.99. The number of nitrogens with one attached hydrogen (secondary N) is 2. The number of aromatic amines is 1. The van der Waals surface area contributed by atoms with Gasteiger partial charge in [0.25, 0.3) is 5.91 Å². The van der Waals surface area contributed by atoms with Gasteiger partial charge in [-0.25, -0.2) is 10.5 Å². The molecule has 0 radical (unpaired) electrons. The normalized spacial score (nSPS) is 12.6. The molecule has 4 rings (SSSR count). The first-order valence-corrected chi connectivity index (χ1v) is 6.59. The standard InChI is InChI=1S/C15H11N3O4/c19-15(18-20)9-1-3-10-11(5-9)17-14(16-10)8-2-4-12-13(6-8)22-7-21-12/h1-6,20H,7H2,(H,16,17)(H,18,19). The molecule has 0 saturated carbocycles. The monoisotopic (exact) mass is 297 g/mol. The summed E-state index contributed by atoms with van der Waals surface area (Å²) < 4.78 is 10.6. The molecule has 0 atom stereocenters. The van der Waals surface area contributed by atoms with Crippen molar-refractivity contribution in [2.45, 2.75) is 0 Å². The number of aromatic nitrogens is 2. The second kappa shape index (κ2) is 4.74. The van der Waals surface area contributed by atoms with E-state index in [0.717, 1.165) is 11.1 Å². The number of carbonyl (C=O) groups is 1. The average molecular weight is 297 g/mol. The predicted octanol–water partition coefficient (Wildman–Crippen LogP) is 2.08. The Morgan fingerprint density at radius 1 is 1.18 bits per heavy atom. The van der Waals surface area contributed by atoms with Gasteiger partial charge in [0, 0.05) is 11.1 Å². The molecule has 0 spiro atoms. The second-order valence-electron chi connectivity index (χ2n) is 4.83. The summed E-state index contributed by atoms with van der Waals surface area (Å²) in [7, 11) is 0. The van der Waals surface area contributed by atoms with Crippen LogP contribution in [0.1, 0.15) is 10.4 Å². The zero-order valence-electron chi connectivity index (χ0n) is 11.3. The Bertz CT molecular complexity index is 888. The van der Waals surface area contributed by atoms with Gasteiger partial charge in [-0.2, -0.15) is 0 Å². The molecule has 0 fully saturated rings. The van der Waals surface area contributed by atoms with Crippen LogP contribution in [0.3, 0.4) is 0 Å². The van der Waals surface area contributed by atoms with E-state index in [4.69, 9.17) is 14.7 Å². The molecule has 7 nitrogen and oxygen atoms in total. The summed E-state index contributed by atoms with van der Waals surface area (Å²) >= 11 is 0. The van der Waals surface area contributed by atoms with E-state index < -0.39 is 5.91 Å². The number of hydrogen-bond donors (Lipinski definition) is 3. The van der Waals surface area contributed by atoms with Crippen LogP contribution in [0.15, 0.2) is 36.4 Å². The Hall–Kier alpha value is -3.06. The van der Waals surface area contributed by atoms with Gasteiger partial charge < -0.3 is 14.5 Å². The van der Waals surface area contributed by atoms with Crippen molar-refractivity contribution in [2.75, 3.05) is 6.79 Å². The molecule has 7 heteroatoms. The summed E-state index contributed by atoms with van der Waals surface area (Å²) in [5, 5.41) is 8.68. The van der Waals surface area contributed by atoms with Crippen molar-refractivity contribution in [3.8, 4) is 22.9 Å². The van der Waals surface area contributed by atoms with Gasteiger partial charge in [-0.15, -0.1) is 0 Å². The first-order chi connectivity index (χ1) is 10.7.